The van der Waals surface area contributed by atoms with Crippen LogP contribution in [0.3, 0.4) is 0 Å². The molecular formula is C9H13Cl2N3O2. The molecule has 1 aromatic rings. The molecule has 0 fully saturated rings. The van der Waals surface area contributed by atoms with Gasteiger partial charge in [-0.2, -0.15) is 4.98 Å². The van der Waals surface area contributed by atoms with Crippen LogP contribution >= 0.6 is 23.2 Å². The van der Waals surface area contributed by atoms with Gasteiger partial charge in [-0.25, -0.2) is 0 Å². The molecule has 0 aromatic carbocycles. The summed E-state index contributed by atoms with van der Waals surface area (Å²) < 4.78 is 10.5. The van der Waals surface area contributed by atoms with Crippen LogP contribution in [0.2, 0.25) is 10.4 Å². The number of ether oxygens (including phenoxy) is 2. The lowest BCUT2D eigenvalue weighted by Gasteiger charge is -2.06. The Labute approximate surface area is 104 Å². The number of unbranched alkanes of at least 4 members (excludes halogenated alkanes) is 1. The Morgan fingerprint density at radius 1 is 1.12 bits per heavy atom. The van der Waals surface area contributed by atoms with Crippen LogP contribution in [0.4, 0.5) is 0 Å². The Balaban J connectivity index is 2.23. The second-order valence-corrected chi connectivity index (χ2v) is 3.69. The average Bonchev–Trinajstić information content (AvgIpc) is 2.28. The quantitative estimate of drug-likeness (QED) is 0.709. The Bertz CT molecular complexity index is 326. The fourth-order valence-electron chi connectivity index (χ4n) is 0.918. The van der Waals surface area contributed by atoms with Crippen LogP contribution in [0.15, 0.2) is 0 Å². The van der Waals surface area contributed by atoms with Gasteiger partial charge < -0.3 is 9.47 Å². The molecule has 0 aliphatic rings. The maximum atomic E-state index is 5.70. The number of rotatable bonds is 7. The van der Waals surface area contributed by atoms with E-state index in [-0.39, 0.29) is 16.3 Å². The van der Waals surface area contributed by atoms with E-state index in [2.05, 4.69) is 22.1 Å². The molecule has 0 bridgehead atoms. The van der Waals surface area contributed by atoms with Gasteiger partial charge in [-0.15, -0.1) is 10.2 Å². The van der Waals surface area contributed by atoms with Gasteiger partial charge in [-0.3, -0.25) is 0 Å². The van der Waals surface area contributed by atoms with Gasteiger partial charge in [0.1, 0.15) is 6.61 Å². The summed E-state index contributed by atoms with van der Waals surface area (Å²) >= 11 is 11.2. The van der Waals surface area contributed by atoms with Crippen molar-refractivity contribution in [3.05, 3.63) is 10.4 Å². The van der Waals surface area contributed by atoms with E-state index >= 15 is 0 Å². The van der Waals surface area contributed by atoms with Crippen LogP contribution in [-0.4, -0.2) is 35.0 Å². The van der Waals surface area contributed by atoms with E-state index in [1.54, 1.807) is 0 Å². The lowest BCUT2D eigenvalue weighted by Crippen LogP contribution is -2.09. The fraction of sp³-hybridized carbons (Fsp3) is 0.667. The summed E-state index contributed by atoms with van der Waals surface area (Å²) in [6.07, 6.45) is 2.15. The van der Waals surface area contributed by atoms with Gasteiger partial charge in [-0.1, -0.05) is 24.9 Å². The monoisotopic (exact) mass is 265 g/mol. The van der Waals surface area contributed by atoms with E-state index in [0.717, 1.165) is 19.4 Å². The molecule has 7 heteroatoms. The number of hydrogen-bond donors (Lipinski definition) is 0. The highest BCUT2D eigenvalue weighted by atomic mass is 35.5. The minimum Gasteiger partial charge on any atom is -0.473 e. The van der Waals surface area contributed by atoms with Crippen LogP contribution in [0.1, 0.15) is 19.8 Å². The first-order valence-corrected chi connectivity index (χ1v) is 5.76. The molecule has 0 aliphatic heterocycles. The molecule has 1 aromatic heterocycles. The second kappa shape index (κ2) is 7.60. The Morgan fingerprint density at radius 2 is 1.94 bits per heavy atom. The van der Waals surface area contributed by atoms with Gasteiger partial charge in [0.2, 0.25) is 10.4 Å². The number of hydrogen-bond acceptors (Lipinski definition) is 5. The molecule has 0 saturated carbocycles. The maximum Gasteiger partial charge on any atom is 0.257 e. The summed E-state index contributed by atoms with van der Waals surface area (Å²) in [4.78, 5) is 3.79. The number of nitrogens with zero attached hydrogens (tertiary/aromatic N) is 3. The summed E-state index contributed by atoms with van der Waals surface area (Å²) in [7, 11) is 0. The van der Waals surface area contributed by atoms with Crippen molar-refractivity contribution in [2.24, 2.45) is 0 Å². The number of aromatic nitrogens is 3. The Hall–Kier alpha value is -0.650. The summed E-state index contributed by atoms with van der Waals surface area (Å²) in [5.41, 5.74) is 0. The van der Waals surface area contributed by atoms with Crippen LogP contribution in [0.5, 0.6) is 5.88 Å². The van der Waals surface area contributed by atoms with Gasteiger partial charge >= 0.3 is 0 Å². The predicted octanol–water partition coefficient (Wildman–Crippen LogP) is 2.37. The zero-order valence-corrected chi connectivity index (χ0v) is 10.5. The van der Waals surface area contributed by atoms with Crippen LogP contribution in [0.25, 0.3) is 0 Å². The summed E-state index contributed by atoms with van der Waals surface area (Å²) in [6, 6.07) is 0. The zero-order valence-electron chi connectivity index (χ0n) is 8.95. The number of halogens is 2. The minimum absolute atomic E-state index is 0.00583. The Kier molecular flexibility index (Phi) is 6.37. The van der Waals surface area contributed by atoms with Crippen LogP contribution in [0, 0.1) is 0 Å². The third kappa shape index (κ3) is 4.92. The summed E-state index contributed by atoms with van der Waals surface area (Å²) in [5, 5.41) is 7.13. The first-order valence-electron chi connectivity index (χ1n) is 5.00. The van der Waals surface area contributed by atoms with Crippen LogP contribution in [-0.2, 0) is 4.74 Å². The van der Waals surface area contributed by atoms with Crippen molar-refractivity contribution in [1.82, 2.24) is 15.2 Å². The molecule has 0 amide bonds. The van der Waals surface area contributed by atoms with E-state index in [1.165, 1.54) is 0 Å². The molecule has 0 N–H and O–H groups in total. The van der Waals surface area contributed by atoms with Crippen molar-refractivity contribution < 1.29 is 9.47 Å². The molecule has 90 valence electrons. The van der Waals surface area contributed by atoms with Crippen molar-refractivity contribution >= 4 is 23.2 Å². The first kappa shape index (κ1) is 13.4. The first-order chi connectivity index (χ1) is 7.74. The third-order valence-electron chi connectivity index (χ3n) is 1.70. The van der Waals surface area contributed by atoms with E-state index < -0.39 is 0 Å². The molecule has 0 atom stereocenters. The smallest absolute Gasteiger partial charge is 0.257 e. The molecule has 5 nitrogen and oxygen atoms in total. The van der Waals surface area contributed by atoms with Gasteiger partial charge in [0, 0.05) is 6.61 Å². The van der Waals surface area contributed by atoms with Crippen molar-refractivity contribution in [3.63, 3.8) is 0 Å². The van der Waals surface area contributed by atoms with Crippen molar-refractivity contribution in [3.8, 4) is 5.88 Å². The van der Waals surface area contributed by atoms with Gasteiger partial charge in [-0.05, 0) is 18.0 Å². The lowest BCUT2D eigenvalue weighted by molar-refractivity contribution is 0.0963. The van der Waals surface area contributed by atoms with Crippen molar-refractivity contribution in [2.45, 2.75) is 19.8 Å². The van der Waals surface area contributed by atoms with E-state index in [9.17, 15) is 0 Å². The van der Waals surface area contributed by atoms with E-state index in [0.29, 0.717) is 13.2 Å². The average molecular weight is 266 g/mol. The molecule has 0 spiro atoms. The topological polar surface area (TPSA) is 57.1 Å². The van der Waals surface area contributed by atoms with Crippen LogP contribution < -0.4 is 4.74 Å². The molecule has 0 unspecified atom stereocenters. The lowest BCUT2D eigenvalue weighted by atomic mass is 10.4. The summed E-state index contributed by atoms with van der Waals surface area (Å²) in [5.74, 6) is 0.181. The fourth-order valence-corrected chi connectivity index (χ4v) is 1.17. The molecule has 1 rings (SSSR count). The molecule has 0 radical (unpaired) electrons. The predicted molar refractivity (Wildman–Crippen MR) is 61.1 cm³/mol. The minimum atomic E-state index is 0.00583. The van der Waals surface area contributed by atoms with Gasteiger partial charge in [0.05, 0.1) is 6.61 Å². The third-order valence-corrected chi connectivity index (χ3v) is 2.10. The largest absolute Gasteiger partial charge is 0.473 e. The standard InChI is InChI=1S/C9H13Cl2N3O2/c1-2-3-4-15-5-6-16-8-7(10)13-14-9(11)12-8/h2-6H2,1H3. The Morgan fingerprint density at radius 3 is 2.69 bits per heavy atom. The van der Waals surface area contributed by atoms with Gasteiger partial charge in [0.15, 0.2) is 0 Å². The molecule has 0 aliphatic carbocycles. The van der Waals surface area contributed by atoms with Crippen molar-refractivity contribution in [1.29, 1.82) is 0 Å². The van der Waals surface area contributed by atoms with Crippen molar-refractivity contribution in [2.75, 3.05) is 19.8 Å². The summed E-state index contributed by atoms with van der Waals surface area (Å²) in [6.45, 7) is 3.68. The highest BCUT2D eigenvalue weighted by Gasteiger charge is 2.06. The normalized spacial score (nSPS) is 10.4. The van der Waals surface area contributed by atoms with E-state index in [1.807, 2.05) is 0 Å². The second-order valence-electron chi connectivity index (χ2n) is 2.99. The maximum absolute atomic E-state index is 5.70. The molecule has 1 heterocycles. The highest BCUT2D eigenvalue weighted by molar-refractivity contribution is 6.31. The molecule has 16 heavy (non-hydrogen) atoms. The SMILES string of the molecule is CCCCOCCOc1nc(Cl)nnc1Cl. The molecule has 0 saturated heterocycles. The molecular weight excluding hydrogens is 253 g/mol. The zero-order chi connectivity index (χ0) is 11.8. The van der Waals surface area contributed by atoms with E-state index in [4.69, 9.17) is 32.7 Å². The highest BCUT2D eigenvalue weighted by Crippen LogP contribution is 2.18. The van der Waals surface area contributed by atoms with Gasteiger partial charge in [0.25, 0.3) is 5.88 Å².